The molecule has 1 fully saturated rings. The molecule has 1 aliphatic heterocycles. The van der Waals surface area contributed by atoms with E-state index in [1.165, 1.54) is 0 Å². The lowest BCUT2D eigenvalue weighted by molar-refractivity contribution is 0.0252. The summed E-state index contributed by atoms with van der Waals surface area (Å²) in [6.45, 7) is 7.27. The molecule has 1 saturated heterocycles. The number of carbonyl (C=O) groups excluding carboxylic acids is 1. The molecular weight excluding hydrogens is 296 g/mol. The van der Waals surface area contributed by atoms with Crippen LogP contribution in [0.3, 0.4) is 0 Å². The maximum Gasteiger partial charge on any atom is 0.410 e. The first-order valence-corrected chi connectivity index (χ1v) is 7.80. The van der Waals surface area contributed by atoms with Crippen molar-refractivity contribution in [2.45, 2.75) is 45.1 Å². The second-order valence-corrected chi connectivity index (χ2v) is 6.81. The molecule has 0 radical (unpaired) electrons. The summed E-state index contributed by atoms with van der Waals surface area (Å²) in [5.74, 6) is 0.250. The number of benzene rings is 1. The highest BCUT2D eigenvalue weighted by molar-refractivity contribution is 5.68. The fourth-order valence-electron chi connectivity index (χ4n) is 2.55. The predicted molar refractivity (Wildman–Crippen MR) is 87.3 cm³/mol. The minimum Gasteiger partial charge on any atom is -0.508 e. The van der Waals surface area contributed by atoms with E-state index in [1.807, 2.05) is 32.9 Å². The Balaban J connectivity index is 1.91. The van der Waals surface area contributed by atoms with E-state index in [2.05, 4.69) is 5.32 Å². The third kappa shape index (κ3) is 5.11. The lowest BCUT2D eigenvalue weighted by Gasteiger charge is -2.24. The summed E-state index contributed by atoms with van der Waals surface area (Å²) < 4.78 is 10.9. The topological polar surface area (TPSA) is 71.0 Å². The van der Waals surface area contributed by atoms with E-state index in [4.69, 9.17) is 9.47 Å². The summed E-state index contributed by atoms with van der Waals surface area (Å²) in [5.41, 5.74) is 0.561. The molecule has 0 aliphatic carbocycles. The number of likely N-dealkylation sites (tertiary alicyclic amines) is 1. The maximum atomic E-state index is 12.2. The van der Waals surface area contributed by atoms with Crippen LogP contribution in [0.25, 0.3) is 0 Å². The Bertz CT molecular complexity index is 524. The van der Waals surface area contributed by atoms with Gasteiger partial charge in [0.15, 0.2) is 0 Å². The fourth-order valence-corrected chi connectivity index (χ4v) is 2.55. The van der Waals surface area contributed by atoms with E-state index in [9.17, 15) is 9.90 Å². The van der Waals surface area contributed by atoms with Crippen LogP contribution in [0.2, 0.25) is 0 Å². The van der Waals surface area contributed by atoms with Crippen LogP contribution in [0.4, 0.5) is 4.79 Å². The maximum absolute atomic E-state index is 12.2. The third-order valence-corrected chi connectivity index (χ3v) is 3.73. The Morgan fingerprint density at radius 3 is 2.52 bits per heavy atom. The highest BCUT2D eigenvalue weighted by Gasteiger charge is 2.37. The molecule has 1 heterocycles. The van der Waals surface area contributed by atoms with Crippen LogP contribution in [0.15, 0.2) is 24.3 Å². The van der Waals surface area contributed by atoms with Crippen molar-refractivity contribution >= 4 is 6.09 Å². The van der Waals surface area contributed by atoms with Crippen LogP contribution in [0.5, 0.6) is 5.75 Å². The molecule has 1 aromatic rings. The number of hydrogen-bond donors (Lipinski definition) is 2. The van der Waals surface area contributed by atoms with Crippen LogP contribution in [0, 0.1) is 0 Å². The van der Waals surface area contributed by atoms with Gasteiger partial charge < -0.3 is 24.8 Å². The number of carbonyl (C=O) groups is 1. The van der Waals surface area contributed by atoms with E-state index in [-0.39, 0.29) is 24.0 Å². The van der Waals surface area contributed by atoms with E-state index in [1.54, 1.807) is 24.1 Å². The SMILES string of the molecule is CO[C@H]1CN(C(=O)OC(C)(C)C)CC1NCc1ccc(O)cc1. The van der Waals surface area contributed by atoms with Crippen molar-refractivity contribution in [3.63, 3.8) is 0 Å². The minimum absolute atomic E-state index is 0.0429. The third-order valence-electron chi connectivity index (χ3n) is 3.73. The molecule has 1 aliphatic rings. The summed E-state index contributed by atoms with van der Waals surface area (Å²) >= 11 is 0. The van der Waals surface area contributed by atoms with Crippen LogP contribution in [0.1, 0.15) is 26.3 Å². The Labute approximate surface area is 137 Å². The van der Waals surface area contributed by atoms with Crippen molar-refractivity contribution in [1.29, 1.82) is 0 Å². The number of phenolic OH excluding ortho intramolecular Hbond substituents is 1. The summed E-state index contributed by atoms with van der Waals surface area (Å²) in [7, 11) is 1.65. The van der Waals surface area contributed by atoms with Gasteiger partial charge in [-0.2, -0.15) is 0 Å². The molecule has 6 heteroatoms. The first-order chi connectivity index (χ1) is 10.8. The molecule has 1 amide bonds. The minimum atomic E-state index is -0.503. The summed E-state index contributed by atoms with van der Waals surface area (Å²) in [4.78, 5) is 13.8. The average Bonchev–Trinajstić information content (AvgIpc) is 2.88. The molecule has 0 bridgehead atoms. The van der Waals surface area contributed by atoms with E-state index in [0.29, 0.717) is 19.6 Å². The van der Waals surface area contributed by atoms with Crippen LogP contribution < -0.4 is 5.32 Å². The van der Waals surface area contributed by atoms with E-state index in [0.717, 1.165) is 5.56 Å². The smallest absolute Gasteiger partial charge is 0.410 e. The molecule has 0 saturated carbocycles. The van der Waals surface area contributed by atoms with Crippen molar-refractivity contribution in [1.82, 2.24) is 10.2 Å². The number of hydrogen-bond acceptors (Lipinski definition) is 5. The zero-order valence-corrected chi connectivity index (χ0v) is 14.2. The molecule has 6 nitrogen and oxygen atoms in total. The van der Waals surface area contributed by atoms with Gasteiger partial charge in [0.05, 0.1) is 18.7 Å². The molecule has 0 aromatic heterocycles. The van der Waals surface area contributed by atoms with E-state index < -0.39 is 5.60 Å². The molecule has 2 N–H and O–H groups in total. The summed E-state index contributed by atoms with van der Waals surface area (Å²) in [5, 5.41) is 12.7. The quantitative estimate of drug-likeness (QED) is 0.888. The average molecular weight is 322 g/mol. The molecule has 2 atom stereocenters. The van der Waals surface area contributed by atoms with Gasteiger partial charge in [0.25, 0.3) is 0 Å². The van der Waals surface area contributed by atoms with Gasteiger partial charge in [0.1, 0.15) is 11.4 Å². The number of phenols is 1. The van der Waals surface area contributed by atoms with Crippen LogP contribution in [-0.2, 0) is 16.0 Å². The standard InChI is InChI=1S/C17H26N2O4/c1-17(2,3)23-16(21)19-10-14(15(11-19)22-4)18-9-12-5-7-13(20)8-6-12/h5-8,14-15,18,20H,9-11H2,1-4H3/t14?,15-/m0/s1. The van der Waals surface area contributed by atoms with Crippen LogP contribution >= 0.6 is 0 Å². The monoisotopic (exact) mass is 322 g/mol. The normalized spacial score (nSPS) is 21.5. The lowest BCUT2D eigenvalue weighted by Crippen LogP contribution is -2.40. The summed E-state index contributed by atoms with van der Waals surface area (Å²) in [6.07, 6.45) is -0.381. The number of amides is 1. The Morgan fingerprint density at radius 1 is 1.30 bits per heavy atom. The van der Waals surface area contributed by atoms with Gasteiger partial charge in [-0.3, -0.25) is 0 Å². The van der Waals surface area contributed by atoms with Crippen molar-refractivity contribution in [2.75, 3.05) is 20.2 Å². The highest BCUT2D eigenvalue weighted by Crippen LogP contribution is 2.18. The van der Waals surface area contributed by atoms with E-state index >= 15 is 0 Å². The fraction of sp³-hybridized carbons (Fsp3) is 0.588. The zero-order chi connectivity index (χ0) is 17.0. The van der Waals surface area contributed by atoms with Gasteiger partial charge in [-0.05, 0) is 38.5 Å². The Kier molecular flexibility index (Phi) is 5.49. The number of nitrogens with one attached hydrogen (secondary N) is 1. The number of rotatable bonds is 4. The lowest BCUT2D eigenvalue weighted by atomic mass is 10.1. The number of methoxy groups -OCH3 is 1. The predicted octanol–water partition coefficient (Wildman–Crippen LogP) is 2.12. The molecule has 1 unspecified atom stereocenters. The molecular formula is C17H26N2O4. The number of ether oxygens (including phenoxy) is 2. The van der Waals surface area contributed by atoms with Gasteiger partial charge in [-0.1, -0.05) is 12.1 Å². The Morgan fingerprint density at radius 2 is 1.96 bits per heavy atom. The van der Waals surface area contributed by atoms with Gasteiger partial charge in [0, 0.05) is 20.2 Å². The van der Waals surface area contributed by atoms with Gasteiger partial charge >= 0.3 is 6.09 Å². The number of nitrogens with zero attached hydrogens (tertiary/aromatic N) is 1. The van der Waals surface area contributed by atoms with Gasteiger partial charge in [0.2, 0.25) is 0 Å². The molecule has 128 valence electrons. The number of aromatic hydroxyl groups is 1. The van der Waals surface area contributed by atoms with Crippen molar-refractivity contribution in [3.05, 3.63) is 29.8 Å². The van der Waals surface area contributed by atoms with Crippen molar-refractivity contribution in [2.24, 2.45) is 0 Å². The second-order valence-electron chi connectivity index (χ2n) is 6.81. The van der Waals surface area contributed by atoms with Gasteiger partial charge in [-0.25, -0.2) is 4.79 Å². The zero-order valence-electron chi connectivity index (χ0n) is 14.2. The molecule has 2 rings (SSSR count). The van der Waals surface area contributed by atoms with Crippen molar-refractivity contribution in [3.8, 4) is 5.75 Å². The first kappa shape index (κ1) is 17.6. The van der Waals surface area contributed by atoms with Gasteiger partial charge in [-0.15, -0.1) is 0 Å². The first-order valence-electron chi connectivity index (χ1n) is 7.80. The summed E-state index contributed by atoms with van der Waals surface area (Å²) in [6, 6.07) is 7.09. The Hall–Kier alpha value is -1.79. The van der Waals surface area contributed by atoms with Crippen LogP contribution in [-0.4, -0.2) is 54.0 Å². The molecule has 1 aromatic carbocycles. The largest absolute Gasteiger partial charge is 0.508 e. The highest BCUT2D eigenvalue weighted by atomic mass is 16.6. The molecule has 23 heavy (non-hydrogen) atoms. The van der Waals surface area contributed by atoms with Crippen molar-refractivity contribution < 1.29 is 19.4 Å². The second kappa shape index (κ2) is 7.19. The molecule has 0 spiro atoms.